The number of hydrogen-bond donors (Lipinski definition) is 2. The molecule has 104 valence electrons. The molecule has 3 rings (SSSR count). The van der Waals surface area contributed by atoms with E-state index in [1.807, 2.05) is 4.90 Å². The molecule has 2 N–H and O–H groups in total. The molecule has 20 heavy (non-hydrogen) atoms. The summed E-state index contributed by atoms with van der Waals surface area (Å²) in [6.07, 6.45) is 3.38. The molecule has 2 aromatic rings. The molecule has 1 aliphatic rings. The van der Waals surface area contributed by atoms with Crippen molar-refractivity contribution < 1.29 is 4.79 Å². The standard InChI is InChI=1S/C11H13N7O2/c19-9(8-14-11(20)16-15-8)17-4-6-18(7-5-17)10-12-2-1-3-13-10/h1-3H,4-7H2,(H2,14,15,16,20). The van der Waals surface area contributed by atoms with Gasteiger partial charge in [0.15, 0.2) is 0 Å². The first kappa shape index (κ1) is 12.3. The third kappa shape index (κ3) is 2.37. The smallest absolute Gasteiger partial charge is 0.337 e. The van der Waals surface area contributed by atoms with Gasteiger partial charge >= 0.3 is 5.69 Å². The minimum atomic E-state index is -0.482. The number of aromatic amines is 2. The van der Waals surface area contributed by atoms with Crippen molar-refractivity contribution in [1.82, 2.24) is 30.0 Å². The molecule has 1 aliphatic heterocycles. The van der Waals surface area contributed by atoms with Crippen molar-refractivity contribution in [1.29, 1.82) is 0 Å². The Kier molecular flexibility index (Phi) is 3.15. The third-order valence-electron chi connectivity index (χ3n) is 3.11. The Balaban J connectivity index is 1.64. The second kappa shape index (κ2) is 5.11. The highest BCUT2D eigenvalue weighted by Crippen LogP contribution is 2.10. The van der Waals surface area contributed by atoms with E-state index in [9.17, 15) is 9.59 Å². The minimum absolute atomic E-state index is 0.0411. The van der Waals surface area contributed by atoms with Gasteiger partial charge in [0.25, 0.3) is 5.91 Å². The molecule has 0 bridgehead atoms. The lowest BCUT2D eigenvalue weighted by molar-refractivity contribution is 0.0734. The summed E-state index contributed by atoms with van der Waals surface area (Å²) in [4.78, 5) is 37.4. The largest absolute Gasteiger partial charge is 0.341 e. The van der Waals surface area contributed by atoms with Crippen LogP contribution < -0.4 is 10.6 Å². The van der Waals surface area contributed by atoms with Crippen LogP contribution in [0.15, 0.2) is 23.3 Å². The molecule has 0 radical (unpaired) electrons. The molecule has 1 amide bonds. The number of aromatic nitrogens is 5. The summed E-state index contributed by atoms with van der Waals surface area (Å²) in [7, 11) is 0. The van der Waals surface area contributed by atoms with Crippen LogP contribution in [0.4, 0.5) is 5.95 Å². The van der Waals surface area contributed by atoms with Gasteiger partial charge in [-0.15, -0.1) is 5.10 Å². The number of carbonyl (C=O) groups is 1. The maximum Gasteiger partial charge on any atom is 0.341 e. The number of anilines is 1. The van der Waals surface area contributed by atoms with E-state index < -0.39 is 5.69 Å². The van der Waals surface area contributed by atoms with Crippen LogP contribution in [-0.4, -0.2) is 62.1 Å². The molecule has 1 fully saturated rings. The highest BCUT2D eigenvalue weighted by molar-refractivity contribution is 5.90. The number of carbonyl (C=O) groups excluding carboxylic acids is 1. The van der Waals surface area contributed by atoms with E-state index in [4.69, 9.17) is 0 Å². The van der Waals surface area contributed by atoms with Crippen molar-refractivity contribution in [3.05, 3.63) is 34.8 Å². The topological polar surface area (TPSA) is 111 Å². The molecular weight excluding hydrogens is 262 g/mol. The monoisotopic (exact) mass is 275 g/mol. The lowest BCUT2D eigenvalue weighted by atomic mass is 10.3. The van der Waals surface area contributed by atoms with E-state index in [2.05, 4.69) is 25.1 Å². The quantitative estimate of drug-likeness (QED) is 0.716. The zero-order valence-corrected chi connectivity index (χ0v) is 10.6. The number of rotatable bonds is 2. The maximum absolute atomic E-state index is 12.1. The Bertz CT molecular complexity index is 642. The second-order valence-corrected chi connectivity index (χ2v) is 4.35. The van der Waals surface area contributed by atoms with Crippen molar-refractivity contribution in [2.24, 2.45) is 0 Å². The molecule has 2 aromatic heterocycles. The van der Waals surface area contributed by atoms with Crippen LogP contribution in [0.5, 0.6) is 0 Å². The lowest BCUT2D eigenvalue weighted by Gasteiger charge is -2.34. The van der Waals surface area contributed by atoms with Crippen LogP contribution in [0.2, 0.25) is 0 Å². The van der Waals surface area contributed by atoms with Crippen molar-refractivity contribution in [3.8, 4) is 0 Å². The number of piperazine rings is 1. The number of nitrogens with one attached hydrogen (secondary N) is 2. The minimum Gasteiger partial charge on any atom is -0.337 e. The first-order chi connectivity index (χ1) is 9.74. The summed E-state index contributed by atoms with van der Waals surface area (Å²) in [6.45, 7) is 2.35. The third-order valence-corrected chi connectivity index (χ3v) is 3.11. The van der Waals surface area contributed by atoms with Gasteiger partial charge in [-0.1, -0.05) is 0 Å². The zero-order chi connectivity index (χ0) is 13.9. The molecule has 3 heterocycles. The molecule has 9 heteroatoms. The molecule has 0 atom stereocenters. The molecule has 0 spiro atoms. The Labute approximate surface area is 113 Å². The van der Waals surface area contributed by atoms with Gasteiger partial charge in [-0.05, 0) is 6.07 Å². The van der Waals surface area contributed by atoms with E-state index in [1.165, 1.54) is 0 Å². The van der Waals surface area contributed by atoms with Crippen LogP contribution in [0.3, 0.4) is 0 Å². The van der Waals surface area contributed by atoms with Crippen molar-refractivity contribution in [2.75, 3.05) is 31.1 Å². The summed E-state index contributed by atoms with van der Waals surface area (Å²) < 4.78 is 0. The number of amides is 1. The first-order valence-electron chi connectivity index (χ1n) is 6.20. The molecule has 1 saturated heterocycles. The first-order valence-corrected chi connectivity index (χ1v) is 6.20. The van der Waals surface area contributed by atoms with Gasteiger partial charge in [0.05, 0.1) is 0 Å². The summed E-state index contributed by atoms with van der Waals surface area (Å²) in [6, 6.07) is 1.76. The fourth-order valence-corrected chi connectivity index (χ4v) is 2.09. The molecular formula is C11H13N7O2. The van der Waals surface area contributed by atoms with Gasteiger partial charge in [-0.25, -0.2) is 19.9 Å². The van der Waals surface area contributed by atoms with E-state index in [-0.39, 0.29) is 11.7 Å². The average Bonchev–Trinajstić information content (AvgIpc) is 2.94. The Morgan fingerprint density at radius 1 is 1.15 bits per heavy atom. The summed E-state index contributed by atoms with van der Waals surface area (Å²) in [5.74, 6) is 0.421. The van der Waals surface area contributed by atoms with Crippen LogP contribution >= 0.6 is 0 Å². The van der Waals surface area contributed by atoms with Crippen LogP contribution in [0.25, 0.3) is 0 Å². The maximum atomic E-state index is 12.1. The number of hydrogen-bond acceptors (Lipinski definition) is 6. The van der Waals surface area contributed by atoms with Crippen molar-refractivity contribution in [2.45, 2.75) is 0 Å². The van der Waals surface area contributed by atoms with E-state index >= 15 is 0 Å². The number of nitrogens with zero attached hydrogens (tertiary/aromatic N) is 5. The van der Waals surface area contributed by atoms with Gasteiger partial charge in [0.2, 0.25) is 11.8 Å². The summed E-state index contributed by atoms with van der Waals surface area (Å²) in [5.41, 5.74) is -0.482. The van der Waals surface area contributed by atoms with Gasteiger partial charge < -0.3 is 9.80 Å². The SMILES string of the molecule is O=C(c1n[nH]c(=O)[nH]1)N1CCN(c2ncccn2)CC1. The molecule has 9 nitrogen and oxygen atoms in total. The van der Waals surface area contributed by atoms with Crippen LogP contribution in [-0.2, 0) is 0 Å². The fraction of sp³-hybridized carbons (Fsp3) is 0.364. The number of H-pyrrole nitrogens is 2. The van der Waals surface area contributed by atoms with Crippen molar-refractivity contribution in [3.63, 3.8) is 0 Å². The molecule has 0 unspecified atom stereocenters. The van der Waals surface area contributed by atoms with Crippen molar-refractivity contribution >= 4 is 11.9 Å². The zero-order valence-electron chi connectivity index (χ0n) is 10.6. The van der Waals surface area contributed by atoms with Gasteiger partial charge in [0.1, 0.15) is 0 Å². The fourth-order valence-electron chi connectivity index (χ4n) is 2.09. The lowest BCUT2D eigenvalue weighted by Crippen LogP contribution is -2.49. The summed E-state index contributed by atoms with van der Waals surface area (Å²) >= 11 is 0. The normalized spacial score (nSPS) is 15.4. The predicted molar refractivity (Wildman–Crippen MR) is 69.4 cm³/mol. The van der Waals surface area contributed by atoms with E-state index in [1.54, 1.807) is 23.4 Å². The van der Waals surface area contributed by atoms with Gasteiger partial charge in [0, 0.05) is 38.6 Å². The van der Waals surface area contributed by atoms with Crippen LogP contribution in [0.1, 0.15) is 10.6 Å². The van der Waals surface area contributed by atoms with Gasteiger partial charge in [-0.3, -0.25) is 9.78 Å². The molecule has 0 aromatic carbocycles. The Morgan fingerprint density at radius 2 is 1.85 bits per heavy atom. The van der Waals surface area contributed by atoms with E-state index in [0.29, 0.717) is 32.1 Å². The Hall–Kier alpha value is -2.71. The Morgan fingerprint density at radius 3 is 2.45 bits per heavy atom. The highest BCUT2D eigenvalue weighted by Gasteiger charge is 2.25. The average molecular weight is 275 g/mol. The predicted octanol–water partition coefficient (Wildman–Crippen LogP) is -1.15. The van der Waals surface area contributed by atoms with E-state index in [0.717, 1.165) is 0 Å². The molecule has 0 saturated carbocycles. The summed E-state index contributed by atoms with van der Waals surface area (Å²) in [5, 5.41) is 5.83. The van der Waals surface area contributed by atoms with Crippen LogP contribution in [0, 0.1) is 0 Å². The second-order valence-electron chi connectivity index (χ2n) is 4.35. The molecule has 0 aliphatic carbocycles. The van der Waals surface area contributed by atoms with Gasteiger partial charge in [-0.2, -0.15) is 0 Å². The highest BCUT2D eigenvalue weighted by atomic mass is 16.2.